The van der Waals surface area contributed by atoms with Crippen LogP contribution >= 0.6 is 0 Å². The van der Waals surface area contributed by atoms with Crippen LogP contribution in [0, 0.1) is 0 Å². The molecule has 4 rings (SSSR count). The predicted octanol–water partition coefficient (Wildman–Crippen LogP) is -1.69. The highest BCUT2D eigenvalue weighted by atomic mass is 16.8. The SMILES string of the molecule is Nc1ccc(C(=O)OC[C@@]2(O)CO[C@@H](O[C@@H]3[C@@H](Oc4ccc(CCO)cc4)O[C@@H](CO)[C@@H](O)[C@H]3O)[C@H]2O)cc1. The number of ether oxygens (including phenoxy) is 5. The first kappa shape index (κ1) is 29.1. The van der Waals surface area contributed by atoms with Crippen molar-refractivity contribution >= 4 is 11.7 Å². The van der Waals surface area contributed by atoms with Gasteiger partial charge in [0.2, 0.25) is 6.29 Å². The number of hydrogen-bond donors (Lipinski definition) is 7. The van der Waals surface area contributed by atoms with Crippen LogP contribution in [0.2, 0.25) is 0 Å². The van der Waals surface area contributed by atoms with Gasteiger partial charge in [-0.15, -0.1) is 0 Å². The molecule has 2 aromatic carbocycles. The smallest absolute Gasteiger partial charge is 0.338 e. The van der Waals surface area contributed by atoms with Crippen LogP contribution in [-0.2, 0) is 25.4 Å². The Bertz CT molecular complexity index is 1080. The number of aliphatic hydroxyl groups excluding tert-OH is 5. The van der Waals surface area contributed by atoms with E-state index >= 15 is 0 Å². The monoisotopic (exact) mass is 551 g/mol. The number of esters is 1. The van der Waals surface area contributed by atoms with Gasteiger partial charge in [-0.05, 0) is 48.4 Å². The number of carbonyl (C=O) groups is 1. The van der Waals surface area contributed by atoms with Crippen LogP contribution in [0.3, 0.4) is 0 Å². The Kier molecular flexibility index (Phi) is 9.38. The van der Waals surface area contributed by atoms with Crippen LogP contribution in [0.15, 0.2) is 48.5 Å². The summed E-state index contributed by atoms with van der Waals surface area (Å²) in [5.41, 5.74) is 5.06. The molecule has 2 aromatic rings. The molecule has 2 saturated heterocycles. The molecule has 0 bridgehead atoms. The van der Waals surface area contributed by atoms with Crippen molar-refractivity contribution in [3.8, 4) is 5.75 Å². The highest BCUT2D eigenvalue weighted by Crippen LogP contribution is 2.32. The fourth-order valence-corrected chi connectivity index (χ4v) is 4.24. The molecule has 8 N–H and O–H groups in total. The minimum absolute atomic E-state index is 0.0270. The number of carbonyl (C=O) groups excluding carboxylic acids is 1. The third-order valence-electron chi connectivity index (χ3n) is 6.60. The highest BCUT2D eigenvalue weighted by Gasteiger charge is 2.54. The first-order valence-electron chi connectivity index (χ1n) is 12.3. The average Bonchev–Trinajstić information content (AvgIpc) is 3.21. The van der Waals surface area contributed by atoms with Gasteiger partial charge in [0.1, 0.15) is 36.8 Å². The van der Waals surface area contributed by atoms with Gasteiger partial charge in [0.05, 0.1) is 18.8 Å². The van der Waals surface area contributed by atoms with Crippen molar-refractivity contribution in [2.45, 2.75) is 55.1 Å². The number of aliphatic hydroxyl groups is 6. The quantitative estimate of drug-likeness (QED) is 0.130. The van der Waals surface area contributed by atoms with E-state index in [-0.39, 0.29) is 12.2 Å². The van der Waals surface area contributed by atoms with E-state index < -0.39 is 74.5 Å². The number of rotatable bonds is 10. The van der Waals surface area contributed by atoms with Crippen molar-refractivity contribution in [1.82, 2.24) is 0 Å². The zero-order valence-electron chi connectivity index (χ0n) is 20.9. The summed E-state index contributed by atoms with van der Waals surface area (Å²) >= 11 is 0. The second-order valence-electron chi connectivity index (χ2n) is 9.47. The second kappa shape index (κ2) is 12.6. The molecule has 39 heavy (non-hydrogen) atoms. The van der Waals surface area contributed by atoms with Crippen LogP contribution in [-0.4, -0.2) is 112 Å². The highest BCUT2D eigenvalue weighted by molar-refractivity contribution is 5.89. The molecule has 0 unspecified atom stereocenters. The molecular formula is C26H33NO12. The molecule has 2 fully saturated rings. The lowest BCUT2D eigenvalue weighted by Crippen LogP contribution is -2.62. The van der Waals surface area contributed by atoms with Crippen molar-refractivity contribution in [3.05, 3.63) is 59.7 Å². The molecule has 0 aliphatic carbocycles. The summed E-state index contributed by atoms with van der Waals surface area (Å²) in [6.07, 6.45) is -10.0. The second-order valence-corrected chi connectivity index (χ2v) is 9.47. The molecule has 2 aliphatic heterocycles. The van der Waals surface area contributed by atoms with Gasteiger partial charge in [0, 0.05) is 12.3 Å². The van der Waals surface area contributed by atoms with Crippen LogP contribution in [0.25, 0.3) is 0 Å². The van der Waals surface area contributed by atoms with Crippen molar-refractivity contribution in [1.29, 1.82) is 0 Å². The third-order valence-corrected chi connectivity index (χ3v) is 6.60. The normalized spacial score (nSPS) is 32.6. The molecule has 13 nitrogen and oxygen atoms in total. The lowest BCUT2D eigenvalue weighted by molar-refractivity contribution is -0.318. The number of nitrogens with two attached hydrogens (primary N) is 1. The number of nitrogen functional groups attached to an aromatic ring is 1. The molecule has 0 radical (unpaired) electrons. The number of hydrogen-bond acceptors (Lipinski definition) is 13. The van der Waals surface area contributed by atoms with Gasteiger partial charge in [-0.1, -0.05) is 12.1 Å². The maximum absolute atomic E-state index is 12.3. The summed E-state index contributed by atoms with van der Waals surface area (Å²) in [6.45, 7) is -1.75. The van der Waals surface area contributed by atoms with E-state index in [4.69, 9.17) is 34.5 Å². The molecule has 0 spiro atoms. The zero-order valence-corrected chi connectivity index (χ0v) is 20.9. The minimum atomic E-state index is -2.04. The summed E-state index contributed by atoms with van der Waals surface area (Å²) in [5.74, 6) is -0.456. The fourth-order valence-electron chi connectivity index (χ4n) is 4.24. The van der Waals surface area contributed by atoms with Gasteiger partial charge in [-0.2, -0.15) is 0 Å². The number of benzene rings is 2. The van der Waals surface area contributed by atoms with Crippen LogP contribution < -0.4 is 10.5 Å². The Hall–Kier alpha value is -2.85. The van der Waals surface area contributed by atoms with E-state index in [1.54, 1.807) is 24.3 Å². The Morgan fingerprint density at radius 3 is 2.33 bits per heavy atom. The van der Waals surface area contributed by atoms with Gasteiger partial charge in [-0.3, -0.25) is 0 Å². The summed E-state index contributed by atoms with van der Waals surface area (Å²) in [7, 11) is 0. The Morgan fingerprint density at radius 1 is 1.00 bits per heavy atom. The van der Waals surface area contributed by atoms with Gasteiger partial charge in [0.25, 0.3) is 0 Å². The molecule has 2 aliphatic rings. The summed E-state index contributed by atoms with van der Waals surface area (Å²) < 4.78 is 27.7. The van der Waals surface area contributed by atoms with Crippen molar-refractivity contribution in [3.63, 3.8) is 0 Å². The summed E-state index contributed by atoms with van der Waals surface area (Å²) in [4.78, 5) is 12.3. The van der Waals surface area contributed by atoms with E-state index in [0.29, 0.717) is 17.9 Å². The topological polar surface area (TPSA) is 211 Å². The lowest BCUT2D eigenvalue weighted by Gasteiger charge is -2.42. The predicted molar refractivity (Wildman–Crippen MR) is 132 cm³/mol. The van der Waals surface area contributed by atoms with E-state index in [0.717, 1.165) is 5.56 Å². The molecule has 0 amide bonds. The first-order valence-corrected chi connectivity index (χ1v) is 12.3. The Labute approximate surface area is 223 Å². The van der Waals surface area contributed by atoms with Crippen molar-refractivity contribution < 1.29 is 59.1 Å². The van der Waals surface area contributed by atoms with Gasteiger partial charge >= 0.3 is 5.97 Å². The lowest BCUT2D eigenvalue weighted by atomic mass is 9.98. The van der Waals surface area contributed by atoms with Crippen LogP contribution in [0.1, 0.15) is 15.9 Å². The molecule has 8 atom stereocenters. The zero-order chi connectivity index (χ0) is 28.2. The largest absolute Gasteiger partial charge is 0.462 e. The Balaban J connectivity index is 1.43. The van der Waals surface area contributed by atoms with E-state index in [9.17, 15) is 30.3 Å². The number of anilines is 1. The molecule has 0 saturated carbocycles. The van der Waals surface area contributed by atoms with Crippen molar-refractivity contribution in [2.75, 3.05) is 32.2 Å². The van der Waals surface area contributed by atoms with Crippen LogP contribution in [0.5, 0.6) is 5.75 Å². The van der Waals surface area contributed by atoms with E-state index in [1.165, 1.54) is 24.3 Å². The van der Waals surface area contributed by atoms with Crippen molar-refractivity contribution in [2.24, 2.45) is 0 Å². The molecule has 2 heterocycles. The maximum Gasteiger partial charge on any atom is 0.338 e. The van der Waals surface area contributed by atoms with Crippen LogP contribution in [0.4, 0.5) is 5.69 Å². The minimum Gasteiger partial charge on any atom is -0.462 e. The van der Waals surface area contributed by atoms with Gasteiger partial charge in [-0.25, -0.2) is 4.79 Å². The molecule has 13 heteroatoms. The average molecular weight is 552 g/mol. The van der Waals surface area contributed by atoms with E-state index in [1.807, 2.05) is 0 Å². The van der Waals surface area contributed by atoms with Gasteiger partial charge in [0.15, 0.2) is 18.0 Å². The first-order chi connectivity index (χ1) is 18.6. The maximum atomic E-state index is 12.3. The molecule has 0 aromatic heterocycles. The Morgan fingerprint density at radius 2 is 1.69 bits per heavy atom. The molecule has 214 valence electrons. The summed E-state index contributed by atoms with van der Waals surface area (Å²) in [5, 5.41) is 61.5. The standard InChI is InChI=1S/C26H33NO12/c27-16-5-3-15(4-6-16)23(33)35-12-26(34)13-36-25(22(26)32)39-21-20(31)19(30)18(11-29)38-24(21)37-17-7-1-14(2-8-17)9-10-28/h1-8,18-22,24-25,28-32,34H,9-13,27H2/t18-,19+,20+,21-,22+,24-,25-,26+/m0/s1. The summed E-state index contributed by atoms with van der Waals surface area (Å²) in [6, 6.07) is 12.6. The molecular weight excluding hydrogens is 518 g/mol. The van der Waals surface area contributed by atoms with E-state index in [2.05, 4.69) is 0 Å². The fraction of sp³-hybridized carbons (Fsp3) is 0.500. The van der Waals surface area contributed by atoms with Gasteiger partial charge < -0.3 is 60.1 Å². The third kappa shape index (κ3) is 6.66.